The van der Waals surface area contributed by atoms with E-state index in [4.69, 9.17) is 0 Å². The molecule has 1 fully saturated rings. The molecular weight excluding hydrogens is 403 g/mol. The van der Waals surface area contributed by atoms with Crippen molar-refractivity contribution in [1.82, 2.24) is 0 Å². The Bertz CT molecular complexity index is 978. The second kappa shape index (κ2) is 5.98. The number of hydrogen-bond acceptors (Lipinski definition) is 5. The minimum Gasteiger partial charge on any atom is -0.271 e. The molecule has 8 heteroatoms. The number of fused-ring (bicyclic) bond motifs is 1. The molecule has 0 saturated carbocycles. The van der Waals surface area contributed by atoms with Gasteiger partial charge in [0.25, 0.3) is 11.8 Å². The Balaban J connectivity index is 1.71. The van der Waals surface area contributed by atoms with Crippen LogP contribution >= 0.6 is 15.9 Å². The summed E-state index contributed by atoms with van der Waals surface area (Å²) in [4.78, 5) is 26.6. The topological polar surface area (TPSA) is 65.3 Å². The van der Waals surface area contributed by atoms with E-state index in [0.717, 1.165) is 14.9 Å². The van der Waals surface area contributed by atoms with E-state index in [1.54, 1.807) is 19.1 Å². The smallest absolute Gasteiger partial charge is 0.263 e. The number of imide groups is 1. The van der Waals surface area contributed by atoms with E-state index >= 15 is 0 Å². The number of rotatable bonds is 2. The summed E-state index contributed by atoms with van der Waals surface area (Å²) in [6.45, 7) is 3.54. The fourth-order valence-corrected chi connectivity index (χ4v) is 3.37. The molecule has 2 aliphatic heterocycles. The van der Waals surface area contributed by atoms with Gasteiger partial charge in [0.1, 0.15) is 5.82 Å². The number of anilines is 2. The molecule has 4 rings (SSSR count). The summed E-state index contributed by atoms with van der Waals surface area (Å²) in [7, 11) is 0. The van der Waals surface area contributed by atoms with Gasteiger partial charge in [-0.05, 0) is 55.3 Å². The van der Waals surface area contributed by atoms with Crippen LogP contribution in [-0.4, -0.2) is 23.9 Å². The second-order valence-electron chi connectivity index (χ2n) is 6.32. The fraction of sp³-hybridized carbons (Fsp3) is 0.222. The largest absolute Gasteiger partial charge is 0.271 e. The first-order valence-electron chi connectivity index (χ1n) is 7.98. The molecule has 0 radical (unpaired) electrons. The summed E-state index contributed by atoms with van der Waals surface area (Å²) in [5.74, 6) is -1.43. The van der Waals surface area contributed by atoms with Gasteiger partial charge in [0.05, 0.1) is 11.4 Å². The van der Waals surface area contributed by atoms with Crippen LogP contribution in [0.1, 0.15) is 11.1 Å². The van der Waals surface area contributed by atoms with Gasteiger partial charge in [-0.25, -0.2) is 14.3 Å². The normalized spacial score (nSPS) is 21.7. The lowest BCUT2D eigenvalue weighted by Crippen LogP contribution is -2.40. The van der Waals surface area contributed by atoms with E-state index in [2.05, 4.69) is 26.3 Å². The molecule has 2 aromatic carbocycles. The van der Waals surface area contributed by atoms with Crippen LogP contribution in [0, 0.1) is 19.7 Å². The molecule has 2 heterocycles. The Morgan fingerprint density at radius 1 is 1.00 bits per heavy atom. The van der Waals surface area contributed by atoms with Crippen molar-refractivity contribution in [3.05, 3.63) is 57.8 Å². The van der Waals surface area contributed by atoms with Crippen molar-refractivity contribution in [1.29, 1.82) is 0 Å². The fourth-order valence-electron chi connectivity index (χ4n) is 3.12. The van der Waals surface area contributed by atoms with Crippen LogP contribution in [0.25, 0.3) is 0 Å². The highest BCUT2D eigenvalue weighted by Gasteiger charge is 2.55. The van der Waals surface area contributed by atoms with Gasteiger partial charge in [-0.1, -0.05) is 27.2 Å². The Morgan fingerprint density at radius 3 is 2.42 bits per heavy atom. The first-order chi connectivity index (χ1) is 12.4. The molecule has 2 amide bonds. The van der Waals surface area contributed by atoms with Crippen LogP contribution in [-0.2, 0) is 9.59 Å². The van der Waals surface area contributed by atoms with Gasteiger partial charge in [0.15, 0.2) is 12.1 Å². The molecule has 132 valence electrons. The Morgan fingerprint density at radius 2 is 1.73 bits per heavy atom. The lowest BCUT2D eigenvalue weighted by Gasteiger charge is -2.21. The number of hydrogen-bond donors (Lipinski definition) is 0. The maximum Gasteiger partial charge on any atom is 0.263 e. The monoisotopic (exact) mass is 416 g/mol. The van der Waals surface area contributed by atoms with Gasteiger partial charge < -0.3 is 0 Å². The van der Waals surface area contributed by atoms with Gasteiger partial charge in [-0.2, -0.15) is 5.11 Å². The molecule has 0 N–H and O–H groups in total. The third-order valence-corrected chi connectivity index (χ3v) is 5.49. The number of carbonyl (C=O) groups is 2. The van der Waals surface area contributed by atoms with Crippen molar-refractivity contribution in [2.45, 2.75) is 25.9 Å². The predicted molar refractivity (Wildman–Crippen MR) is 97.4 cm³/mol. The molecule has 0 bridgehead atoms. The van der Waals surface area contributed by atoms with Crippen LogP contribution in [0.4, 0.5) is 15.8 Å². The quantitative estimate of drug-likeness (QED) is 0.700. The van der Waals surface area contributed by atoms with Gasteiger partial charge in [0, 0.05) is 4.47 Å². The molecule has 0 unspecified atom stereocenters. The van der Waals surface area contributed by atoms with Crippen molar-refractivity contribution in [2.75, 3.05) is 9.91 Å². The van der Waals surface area contributed by atoms with Crippen molar-refractivity contribution in [3.8, 4) is 0 Å². The Labute approximate surface area is 157 Å². The number of benzene rings is 2. The zero-order chi connectivity index (χ0) is 18.6. The number of carbonyl (C=O) groups excluding carboxylic acids is 2. The lowest BCUT2D eigenvalue weighted by atomic mass is 10.1. The van der Waals surface area contributed by atoms with Crippen LogP contribution in [0.5, 0.6) is 0 Å². The third-order valence-electron chi connectivity index (χ3n) is 4.60. The maximum atomic E-state index is 13.9. The van der Waals surface area contributed by atoms with E-state index in [-0.39, 0.29) is 5.69 Å². The molecule has 1 saturated heterocycles. The average molecular weight is 417 g/mol. The first kappa shape index (κ1) is 16.8. The van der Waals surface area contributed by atoms with Crippen LogP contribution in [0.15, 0.2) is 51.2 Å². The van der Waals surface area contributed by atoms with E-state index in [1.807, 2.05) is 19.1 Å². The van der Waals surface area contributed by atoms with Gasteiger partial charge >= 0.3 is 0 Å². The maximum absolute atomic E-state index is 13.9. The molecule has 6 nitrogen and oxygen atoms in total. The summed E-state index contributed by atoms with van der Waals surface area (Å²) in [6, 6.07) is 8.02. The SMILES string of the molecule is Cc1ccc(N2C(=O)[C@H]3N=NN(c4ccc(Br)c(C)c4)[C@H]3C2=O)cc1F. The number of aryl methyl sites for hydroxylation is 2. The van der Waals surface area contributed by atoms with Gasteiger partial charge in [0.2, 0.25) is 0 Å². The molecule has 2 aliphatic rings. The van der Waals surface area contributed by atoms with E-state index in [1.165, 1.54) is 17.1 Å². The van der Waals surface area contributed by atoms with Gasteiger partial charge in [-0.15, -0.1) is 0 Å². The van der Waals surface area contributed by atoms with Crippen LogP contribution in [0.3, 0.4) is 0 Å². The highest BCUT2D eigenvalue weighted by molar-refractivity contribution is 9.10. The molecular formula is C18H14BrFN4O2. The van der Waals surface area contributed by atoms with Crippen LogP contribution < -0.4 is 9.91 Å². The third kappa shape index (κ3) is 2.44. The average Bonchev–Trinajstić information content (AvgIpc) is 3.14. The zero-order valence-corrected chi connectivity index (χ0v) is 15.6. The number of halogens is 2. The Kier molecular flexibility index (Phi) is 3.87. The summed E-state index contributed by atoms with van der Waals surface area (Å²) < 4.78 is 14.8. The Hall–Kier alpha value is -2.61. The van der Waals surface area contributed by atoms with Crippen molar-refractivity contribution >= 4 is 39.1 Å². The molecule has 0 aromatic heterocycles. The van der Waals surface area contributed by atoms with Crippen LogP contribution in [0.2, 0.25) is 0 Å². The van der Waals surface area contributed by atoms with E-state index in [0.29, 0.717) is 11.3 Å². The second-order valence-corrected chi connectivity index (χ2v) is 7.17. The molecule has 2 aromatic rings. The molecule has 2 atom stereocenters. The summed E-state index contributed by atoms with van der Waals surface area (Å²) in [6.07, 6.45) is 0. The van der Waals surface area contributed by atoms with E-state index in [9.17, 15) is 14.0 Å². The number of nitrogens with zero attached hydrogens (tertiary/aromatic N) is 4. The standard InChI is InChI=1S/C18H14BrFN4O2/c1-9-3-4-11(8-14(9)20)23-17(25)15-16(18(23)26)24(22-21-15)12-5-6-13(19)10(2)7-12/h3-8,15-16H,1-2H3/t15-,16+/m0/s1. The highest BCUT2D eigenvalue weighted by Crippen LogP contribution is 2.36. The minimum absolute atomic E-state index is 0.208. The number of amides is 2. The van der Waals surface area contributed by atoms with Gasteiger partial charge in [-0.3, -0.25) is 9.59 Å². The summed E-state index contributed by atoms with van der Waals surface area (Å²) in [5.41, 5.74) is 2.29. The molecule has 0 aliphatic carbocycles. The predicted octanol–water partition coefficient (Wildman–Crippen LogP) is 3.70. The summed E-state index contributed by atoms with van der Waals surface area (Å²) >= 11 is 3.43. The minimum atomic E-state index is -0.921. The van der Waals surface area contributed by atoms with Crippen molar-refractivity contribution < 1.29 is 14.0 Å². The molecule has 0 spiro atoms. The molecule has 26 heavy (non-hydrogen) atoms. The summed E-state index contributed by atoms with van der Waals surface area (Å²) in [5, 5.41) is 9.46. The highest BCUT2D eigenvalue weighted by atomic mass is 79.9. The van der Waals surface area contributed by atoms with Crippen molar-refractivity contribution in [2.24, 2.45) is 10.3 Å². The van der Waals surface area contributed by atoms with E-state index < -0.39 is 29.7 Å². The zero-order valence-electron chi connectivity index (χ0n) is 14.0. The lowest BCUT2D eigenvalue weighted by molar-refractivity contribution is -0.121. The first-order valence-corrected chi connectivity index (χ1v) is 8.78. The van der Waals surface area contributed by atoms with Crippen molar-refractivity contribution in [3.63, 3.8) is 0 Å².